The second kappa shape index (κ2) is 98.7. The van der Waals surface area contributed by atoms with Crippen LogP contribution in [0.15, 0.2) is 43.0 Å². The molecule has 0 aromatic heterocycles. The first-order valence-electron chi connectivity index (χ1n) is 63.5. The largest absolute Gasteiger partial charge is 0.103 e. The average molecular weight is 1970 g/mol. The summed E-state index contributed by atoms with van der Waals surface area (Å²) in [5.74, 6) is 9.26. The number of hydrogen-bond acceptors (Lipinski definition) is 0. The van der Waals surface area contributed by atoms with E-state index < -0.39 is 0 Å². The molecule has 0 aliphatic rings. The van der Waals surface area contributed by atoms with Crippen LogP contribution in [0.2, 0.25) is 0 Å². The third-order valence-corrected chi connectivity index (χ3v) is 29.3. The van der Waals surface area contributed by atoms with Gasteiger partial charge in [-0.15, -0.1) is 6.58 Å². The Kier molecular flexibility index (Phi) is 110. The number of unbranched alkanes of at least 4 members (excludes halogenated alkanes) is 15. The summed E-state index contributed by atoms with van der Waals surface area (Å²) < 4.78 is 0. The van der Waals surface area contributed by atoms with Crippen molar-refractivity contribution in [2.24, 2.45) is 107 Å². The molecule has 1 aromatic rings. The lowest BCUT2D eigenvalue weighted by Crippen LogP contribution is -2.09. The Morgan fingerprint density at radius 2 is 0.429 bits per heavy atom. The average Bonchev–Trinajstić information content (AvgIpc) is 0.882. The second-order valence-corrected chi connectivity index (χ2v) is 58.6. The Labute approximate surface area is 899 Å². The van der Waals surface area contributed by atoms with E-state index >= 15 is 0 Å². The third-order valence-electron chi connectivity index (χ3n) is 29.3. The number of allylic oxidation sites excluding steroid dienone is 1. The van der Waals surface area contributed by atoms with Gasteiger partial charge >= 0.3 is 0 Å². The fraction of sp³-hybridized carbons (Fsp3) is 0.943. The minimum Gasteiger partial charge on any atom is -0.103 e. The van der Waals surface area contributed by atoms with Gasteiger partial charge in [0, 0.05) is 0 Å². The fourth-order valence-corrected chi connectivity index (χ4v) is 18.6. The van der Waals surface area contributed by atoms with Gasteiger partial charge in [-0.2, -0.15) is 0 Å². The summed E-state index contributed by atoms with van der Waals surface area (Å²) in [5, 5.41) is 0. The summed E-state index contributed by atoms with van der Waals surface area (Å²) in [6.45, 7) is 116. The first-order valence-corrected chi connectivity index (χ1v) is 63.5. The molecule has 0 fully saturated rings. The van der Waals surface area contributed by atoms with Crippen LogP contribution in [0.3, 0.4) is 0 Å². The zero-order chi connectivity index (χ0) is 110. The van der Waals surface area contributed by atoms with Crippen molar-refractivity contribution in [1.29, 1.82) is 0 Å². The van der Waals surface area contributed by atoms with Crippen LogP contribution < -0.4 is 0 Å². The summed E-state index contributed by atoms with van der Waals surface area (Å²) in [6.07, 6.45) is 91.5. The predicted molar refractivity (Wildman–Crippen MR) is 663 cm³/mol. The molecule has 0 aliphatic carbocycles. The molecule has 0 bridgehead atoms. The molecule has 0 saturated carbocycles. The Hall–Kier alpha value is -1.04. The first-order chi connectivity index (χ1) is 64.8. The van der Waals surface area contributed by atoms with E-state index in [1.165, 1.54) is 416 Å². The van der Waals surface area contributed by atoms with E-state index in [9.17, 15) is 0 Å². The monoisotopic (exact) mass is 1970 g/mol. The maximum Gasteiger partial charge on any atom is -0.0162 e. The van der Waals surface area contributed by atoms with E-state index in [1.54, 1.807) is 0 Å². The number of rotatable bonds is 66. The number of hydrogen-bond donors (Lipinski definition) is 0. The van der Waals surface area contributed by atoms with Gasteiger partial charge in [0.15, 0.2) is 0 Å². The van der Waals surface area contributed by atoms with Crippen molar-refractivity contribution >= 4 is 0 Å². The van der Waals surface area contributed by atoms with Gasteiger partial charge in [-0.3, -0.25) is 0 Å². The minimum atomic E-state index is 0.456. The van der Waals surface area contributed by atoms with Crippen LogP contribution in [0, 0.1) is 107 Å². The first kappa shape index (κ1) is 157. The molecule has 0 spiro atoms. The fourth-order valence-electron chi connectivity index (χ4n) is 18.6. The third kappa shape index (κ3) is 148. The Morgan fingerprint density at radius 3 is 0.771 bits per heavy atom. The normalized spacial score (nSPS) is 14.1. The van der Waals surface area contributed by atoms with Crippen LogP contribution in [0.5, 0.6) is 0 Å². The van der Waals surface area contributed by atoms with Crippen LogP contribution in [0.1, 0.15) is 755 Å². The van der Waals surface area contributed by atoms with Gasteiger partial charge in [-0.05, 0) is 234 Å². The van der Waals surface area contributed by atoms with Crippen molar-refractivity contribution in [2.75, 3.05) is 0 Å². The molecule has 850 valence electrons. The molecule has 0 amide bonds. The maximum atomic E-state index is 3.94. The quantitative estimate of drug-likeness (QED) is 0.0450. The molecule has 0 aliphatic heterocycles. The highest BCUT2D eigenvalue weighted by atomic mass is 14.3. The lowest BCUT2D eigenvalue weighted by atomic mass is 9.82. The SMILES string of the molecule is C=CC(CCCCC)CCC(C)(C)C.CCC(C)CCCCCC(C)(C)C.CCCC(C)CCCCC(C)(C)C.CCCC(CCC)CCC(C)(C)C.CCCCC(C)CCCC(C)(C)C.CCCCC(CCC)CCC(C)(C)C.CCCCCC(C)CCC(C)(C)C.CCCCCC(CC)CCC(C)(C)C.CCCCCC(CCC(C)(C)C)c1ccccc1.CCCCCC(CCC)CCC(C)(C)C. The van der Waals surface area contributed by atoms with E-state index in [-0.39, 0.29) is 0 Å². The molecular weight excluding hydrogens is 1680 g/mol. The van der Waals surface area contributed by atoms with E-state index in [1.807, 2.05) is 0 Å². The lowest BCUT2D eigenvalue weighted by Gasteiger charge is -2.23. The molecule has 0 heterocycles. The van der Waals surface area contributed by atoms with E-state index in [4.69, 9.17) is 0 Å². The van der Waals surface area contributed by atoms with Gasteiger partial charge in [0.25, 0.3) is 0 Å². The molecule has 0 nitrogen and oxygen atoms in total. The molecule has 1 aromatic carbocycles. The summed E-state index contributed by atoms with van der Waals surface area (Å²) in [6, 6.07) is 11.1. The van der Waals surface area contributed by atoms with Gasteiger partial charge in [0.1, 0.15) is 0 Å². The van der Waals surface area contributed by atoms with Crippen LogP contribution in [0.25, 0.3) is 0 Å². The Morgan fingerprint density at radius 1 is 0.186 bits per heavy atom. The van der Waals surface area contributed by atoms with Crippen LogP contribution in [0.4, 0.5) is 0 Å². The molecule has 0 N–H and O–H groups in total. The Bertz CT molecular complexity index is 2490. The van der Waals surface area contributed by atoms with Crippen LogP contribution in [-0.2, 0) is 0 Å². The maximum absolute atomic E-state index is 3.94. The molecule has 140 heavy (non-hydrogen) atoms. The van der Waals surface area contributed by atoms with Gasteiger partial charge in [-0.1, -0.05) is 664 Å². The van der Waals surface area contributed by atoms with Crippen molar-refractivity contribution < 1.29 is 0 Å². The summed E-state index contributed by atoms with van der Waals surface area (Å²) >= 11 is 0. The zero-order valence-corrected chi connectivity index (χ0v) is 109. The standard InChI is InChI=1S/C18H30.C15H32.C14H30.C14H28.C14H30.5C13H28/c1-5-6-8-11-17(14-15-18(2,3)4)16-12-9-7-10-13-16;1-6-8-9-11-14(10-7-2)12-13-15(3,4)5;2*1-6-8-9-10-13(7-2)11-12-14(3,4)5;1-6-8-10-13(9-7-2)11-12-14(3,4)5;1-6-12(2)10-8-7-9-11-13(3,4)5;1-6-9-12(2)10-7-8-11-13(3,4)5;1-6-7-9-12(2)10-8-11-13(3,4)5;1-6-7-8-9-12(2)10-11-13(3,4)5;1-6-8-12(9-7-2)10-11-13(3,4)5/h7,9-10,12-13,17H,5-6,8,11,14-15H2,1-4H3;14H,6-13H2,1-5H3;13H,6-12H2,1-5H3;7,13H,2,6,8-12H2,1,3-5H3;13H,6-12H2,1-5H3;5*12H,6-11H2,1-5H3. The minimum absolute atomic E-state index is 0.456. The molecule has 9 atom stereocenters. The van der Waals surface area contributed by atoms with Crippen molar-refractivity contribution in [3.05, 3.63) is 48.6 Å². The van der Waals surface area contributed by atoms with Crippen molar-refractivity contribution in [2.45, 2.75) is 749 Å². The van der Waals surface area contributed by atoms with Crippen molar-refractivity contribution in [3.8, 4) is 0 Å². The van der Waals surface area contributed by atoms with Crippen LogP contribution in [-0.4, -0.2) is 0 Å². The second-order valence-electron chi connectivity index (χ2n) is 58.6. The molecule has 0 radical (unpaired) electrons. The molecule has 0 heteroatoms. The molecular formula is C140H290. The molecule has 0 saturated heterocycles. The zero-order valence-electron chi connectivity index (χ0n) is 109. The summed E-state index contributed by atoms with van der Waals surface area (Å²) in [5.41, 5.74) is 6.71. The smallest absolute Gasteiger partial charge is 0.0162 e. The van der Waals surface area contributed by atoms with Gasteiger partial charge in [0.2, 0.25) is 0 Å². The highest BCUT2D eigenvalue weighted by Crippen LogP contribution is 2.37. The number of benzene rings is 1. The van der Waals surface area contributed by atoms with E-state index in [2.05, 4.69) is 375 Å². The predicted octanol–water partition coefficient (Wildman–Crippen LogP) is 53.2. The molecule has 1 rings (SSSR count). The van der Waals surface area contributed by atoms with Crippen LogP contribution >= 0.6 is 0 Å². The highest BCUT2D eigenvalue weighted by Gasteiger charge is 2.23. The summed E-state index contributed by atoms with van der Waals surface area (Å²) in [4.78, 5) is 0. The van der Waals surface area contributed by atoms with Crippen molar-refractivity contribution in [1.82, 2.24) is 0 Å². The highest BCUT2D eigenvalue weighted by molar-refractivity contribution is 5.19. The van der Waals surface area contributed by atoms with Crippen molar-refractivity contribution in [3.63, 3.8) is 0 Å². The summed E-state index contributed by atoms with van der Waals surface area (Å²) in [7, 11) is 0. The van der Waals surface area contributed by atoms with Gasteiger partial charge in [0.05, 0.1) is 0 Å². The molecule has 9 unspecified atom stereocenters. The topological polar surface area (TPSA) is 0 Å². The van der Waals surface area contributed by atoms with E-state index in [0.717, 1.165) is 59.2 Å². The van der Waals surface area contributed by atoms with Gasteiger partial charge in [-0.25, -0.2) is 0 Å². The van der Waals surface area contributed by atoms with E-state index in [0.29, 0.717) is 54.1 Å². The Balaban J connectivity index is -0.000000195. The van der Waals surface area contributed by atoms with Gasteiger partial charge < -0.3 is 0 Å². The lowest BCUT2D eigenvalue weighted by molar-refractivity contribution is 0.297.